The van der Waals surface area contributed by atoms with Crippen molar-refractivity contribution in [3.63, 3.8) is 0 Å². The van der Waals surface area contributed by atoms with Crippen molar-refractivity contribution in [1.82, 2.24) is 4.90 Å². The van der Waals surface area contributed by atoms with Crippen LogP contribution in [0.2, 0.25) is 0 Å². The molecule has 0 spiro atoms. The number of rotatable bonds is 13. The Morgan fingerprint density at radius 2 is 1.55 bits per heavy atom. The molecule has 4 heterocycles. The van der Waals surface area contributed by atoms with Crippen molar-refractivity contribution >= 4 is 28.6 Å². The molecule has 0 bridgehead atoms. The Kier molecular flexibility index (Phi) is 18.8. The van der Waals surface area contributed by atoms with Crippen LogP contribution >= 0.6 is 11.8 Å². The van der Waals surface area contributed by atoms with Gasteiger partial charge in [0, 0.05) is 63.0 Å². The molecular weight excluding hydrogens is 855 g/mol. The Morgan fingerprint density at radius 1 is 0.908 bits per heavy atom. The van der Waals surface area contributed by atoms with E-state index in [1.165, 1.54) is 18.7 Å². The number of carbonyl (C=O) groups is 3. The average molecular weight is 936 g/mol. The van der Waals surface area contributed by atoms with E-state index in [4.69, 9.17) is 42.6 Å². The minimum absolute atomic E-state index is 0.00126. The fraction of sp³-hybridized carbons (Fsp3) is 0.820. The van der Waals surface area contributed by atoms with Gasteiger partial charge in [-0.2, -0.15) is 0 Å². The van der Waals surface area contributed by atoms with E-state index >= 15 is 0 Å². The molecule has 1 aromatic carbocycles. The van der Waals surface area contributed by atoms with Crippen LogP contribution in [0.15, 0.2) is 30.3 Å². The van der Waals surface area contributed by atoms with Crippen LogP contribution in [0.3, 0.4) is 0 Å². The lowest BCUT2D eigenvalue weighted by molar-refractivity contribution is -0.322. The molecule has 0 aromatic heterocycles. The minimum atomic E-state index is -1.19. The Labute approximate surface area is 393 Å². The number of aliphatic hydroxyl groups excluding tert-OH is 1. The van der Waals surface area contributed by atoms with Gasteiger partial charge in [-0.3, -0.25) is 14.4 Å². The van der Waals surface area contributed by atoms with Crippen LogP contribution in [-0.4, -0.2) is 146 Å². The van der Waals surface area contributed by atoms with Gasteiger partial charge in [0.2, 0.25) is 0 Å². The summed E-state index contributed by atoms with van der Waals surface area (Å²) in [5.74, 6) is -3.19. The van der Waals surface area contributed by atoms with Crippen LogP contribution in [0, 0.1) is 35.5 Å². The quantitative estimate of drug-likeness (QED) is 0.205. The van der Waals surface area contributed by atoms with Crippen LogP contribution in [0.4, 0.5) is 0 Å². The summed E-state index contributed by atoms with van der Waals surface area (Å²) in [5, 5.41) is 11.8. The Balaban J connectivity index is 1.60. The zero-order valence-electron chi connectivity index (χ0n) is 41.8. The number of carbonyl (C=O) groups excluding carboxylic acids is 3. The summed E-state index contributed by atoms with van der Waals surface area (Å²) >= 11 is 1.22. The maximum Gasteiger partial charge on any atom is 0.311 e. The van der Waals surface area contributed by atoms with E-state index in [0.29, 0.717) is 31.8 Å². The Morgan fingerprint density at radius 3 is 2.15 bits per heavy atom. The molecule has 4 saturated heterocycles. The van der Waals surface area contributed by atoms with Crippen molar-refractivity contribution in [2.24, 2.45) is 35.5 Å². The van der Waals surface area contributed by atoms with Crippen molar-refractivity contribution in [2.75, 3.05) is 40.7 Å². The molecule has 0 amide bonds. The number of ketones is 1. The first-order chi connectivity index (χ1) is 30.5. The normalized spacial score (nSPS) is 43.5. The number of esters is 1. The van der Waals surface area contributed by atoms with Crippen LogP contribution in [0.1, 0.15) is 107 Å². The van der Waals surface area contributed by atoms with Crippen molar-refractivity contribution in [3.05, 3.63) is 35.9 Å². The number of nitrogens with zero attached hydrogens (tertiary/aromatic N) is 1. The topological polar surface area (TPSA) is 158 Å². The lowest BCUT2D eigenvalue weighted by atomic mass is 9.67. The second-order valence-corrected chi connectivity index (χ2v) is 21.5. The smallest absolute Gasteiger partial charge is 0.311 e. The number of Topliss-reactive ketones (excluding diaryl/α,β-unsaturated/α-hetero) is 1. The molecule has 4 aliphatic rings. The lowest BCUT2D eigenvalue weighted by Gasteiger charge is -2.50. The number of hydrogen-bond donors (Lipinski definition) is 1. The summed E-state index contributed by atoms with van der Waals surface area (Å²) in [6.07, 6.45) is -5.20. The van der Waals surface area contributed by atoms with Gasteiger partial charge in [-0.25, -0.2) is 0 Å². The fourth-order valence-corrected chi connectivity index (χ4v) is 12.3. The molecule has 0 radical (unpaired) electrons. The number of ether oxygens (including phenoxy) is 9. The predicted molar refractivity (Wildman–Crippen MR) is 248 cm³/mol. The Hall–Kier alpha value is -2.02. The van der Waals surface area contributed by atoms with Gasteiger partial charge in [-0.1, -0.05) is 69.8 Å². The average Bonchev–Trinajstić information content (AvgIpc) is 3.61. The molecule has 2 unspecified atom stereocenters. The van der Waals surface area contributed by atoms with Gasteiger partial charge in [0.15, 0.2) is 17.7 Å². The third-order valence-corrected chi connectivity index (χ3v) is 16.2. The molecule has 1 N–H and O–H groups in total. The first-order valence-electron chi connectivity index (χ1n) is 23.8. The minimum Gasteiger partial charge on any atom is -0.459 e. The van der Waals surface area contributed by atoms with Gasteiger partial charge in [0.1, 0.15) is 29.7 Å². The molecule has 370 valence electrons. The summed E-state index contributed by atoms with van der Waals surface area (Å²) in [6.45, 7) is 21.5. The lowest BCUT2D eigenvalue weighted by Crippen LogP contribution is -2.61. The van der Waals surface area contributed by atoms with Crippen LogP contribution in [0.5, 0.6) is 0 Å². The summed E-state index contributed by atoms with van der Waals surface area (Å²) in [4.78, 5) is 44.1. The second kappa shape index (κ2) is 22.6. The highest BCUT2D eigenvalue weighted by Gasteiger charge is 2.58. The summed E-state index contributed by atoms with van der Waals surface area (Å²) in [5.41, 5.74) is -2.05. The number of fused-ring (bicyclic) bond motifs is 1. The fourth-order valence-electron chi connectivity index (χ4n) is 11.5. The van der Waals surface area contributed by atoms with E-state index in [0.717, 1.165) is 5.56 Å². The largest absolute Gasteiger partial charge is 0.459 e. The van der Waals surface area contributed by atoms with Gasteiger partial charge in [0.05, 0.1) is 54.7 Å². The van der Waals surface area contributed by atoms with Crippen molar-refractivity contribution in [2.45, 2.75) is 187 Å². The van der Waals surface area contributed by atoms with Gasteiger partial charge >= 0.3 is 5.97 Å². The molecule has 65 heavy (non-hydrogen) atoms. The number of aliphatic hydroxyl groups is 1. The van der Waals surface area contributed by atoms with Crippen LogP contribution < -0.4 is 0 Å². The molecule has 4 fully saturated rings. The van der Waals surface area contributed by atoms with Gasteiger partial charge in [0.25, 0.3) is 0 Å². The second-order valence-electron chi connectivity index (χ2n) is 20.3. The van der Waals surface area contributed by atoms with Crippen molar-refractivity contribution < 1.29 is 62.1 Å². The van der Waals surface area contributed by atoms with Gasteiger partial charge < -0.3 is 52.6 Å². The molecule has 0 saturated carbocycles. The number of hydrogen-bond acceptors (Lipinski definition) is 15. The van der Waals surface area contributed by atoms with Crippen LogP contribution in [0.25, 0.3) is 0 Å². The van der Waals surface area contributed by atoms with E-state index in [-0.39, 0.29) is 47.7 Å². The summed E-state index contributed by atoms with van der Waals surface area (Å²) in [7, 11) is 7.08. The van der Waals surface area contributed by atoms with E-state index in [9.17, 15) is 19.5 Å². The van der Waals surface area contributed by atoms with E-state index < -0.39 is 95.6 Å². The SMILES string of the molecule is CC[C@H]1OC(=O)[C@H](C)[C@@H](O[C@H]2C[C@@](C)(OC)[C@@H](OCc3ccccc3)[C@H](C)O2)[C@H](C)[C@@H](O[C@@H]2O[C@H](C)C[C@H](N(C)C)[C@H]2O)[C@](C)(OC)C[C@@H](C)C(=O)C(C)[C@@H]2C(CSC(C)=O)CO[C@@]21C. The molecule has 5 rings (SSSR count). The molecule has 1 aromatic rings. The summed E-state index contributed by atoms with van der Waals surface area (Å²) < 4.78 is 59.7. The van der Waals surface area contributed by atoms with E-state index in [1.54, 1.807) is 21.1 Å². The third-order valence-electron chi connectivity index (χ3n) is 15.2. The van der Waals surface area contributed by atoms with Gasteiger partial charge in [-0.05, 0) is 86.4 Å². The summed E-state index contributed by atoms with van der Waals surface area (Å²) in [6, 6.07) is 9.66. The number of methoxy groups -OCH3 is 2. The van der Waals surface area contributed by atoms with Crippen molar-refractivity contribution in [3.8, 4) is 0 Å². The first kappa shape index (κ1) is 53.9. The Bertz CT molecular complexity index is 1720. The first-order valence-corrected chi connectivity index (χ1v) is 24.8. The van der Waals surface area contributed by atoms with Gasteiger partial charge in [-0.15, -0.1) is 0 Å². The molecule has 0 aliphatic carbocycles. The molecule has 15 heteroatoms. The van der Waals surface area contributed by atoms with Crippen LogP contribution in [-0.2, 0) is 63.6 Å². The molecule has 19 atom stereocenters. The highest BCUT2D eigenvalue weighted by atomic mass is 32.2. The number of benzene rings is 1. The van der Waals surface area contributed by atoms with E-state index in [2.05, 4.69) is 0 Å². The van der Waals surface area contributed by atoms with Crippen molar-refractivity contribution in [1.29, 1.82) is 0 Å². The highest BCUT2D eigenvalue weighted by Crippen LogP contribution is 2.49. The number of cyclic esters (lactones) is 1. The molecule has 4 aliphatic heterocycles. The maximum absolute atomic E-state index is 14.9. The zero-order valence-corrected chi connectivity index (χ0v) is 42.6. The maximum atomic E-state index is 14.9. The predicted octanol–water partition coefficient (Wildman–Crippen LogP) is 6.85. The number of thioether (sulfide) groups is 1. The monoisotopic (exact) mass is 936 g/mol. The highest BCUT2D eigenvalue weighted by molar-refractivity contribution is 8.13. The third kappa shape index (κ3) is 12.1. The van der Waals surface area contributed by atoms with E-state index in [1.807, 2.05) is 112 Å². The molecular formula is C50H81NO13S. The molecule has 14 nitrogen and oxygen atoms in total. The number of likely N-dealkylation sites (N-methyl/N-ethyl adjacent to an activating group) is 1. The zero-order chi connectivity index (χ0) is 48.2. The standard InChI is InChI=1S/C50H81NO13S/c1-16-38-50(11)40(36(26-59-50)27-65-34(8)52)30(4)41(53)28(2)23-48(9,56-14)44(64-47-42(54)37(51(12)13)22-29(3)60-47)31(5)43(32(6)46(55)62-38)63-39-24-49(10,57-15)45(33(7)61-39)58-25-35-20-18-17-19-21-35/h17-21,28-33,36-40,42-45,47,54H,16,22-27H2,1-15H3/t28-,29-,30?,31+,32-,33+,36?,37+,38-,39+,40-,42-,43+,44-,45+,47+,48-,49-,50-/m1/s1.